The molecular weight excluding hydrogens is 401 g/mol. The van der Waals surface area contributed by atoms with Crippen LogP contribution in [-0.4, -0.2) is 22.0 Å². The largest absolute Gasteiger partial charge is 0.481 e. The minimum atomic E-state index is -1.33. The first-order valence-corrected chi connectivity index (χ1v) is 9.46. The smallest absolute Gasteiger partial charge is 0.303 e. The monoisotopic (exact) mass is 414 g/mol. The van der Waals surface area contributed by atoms with Gasteiger partial charge in [0, 0.05) is 12.5 Å². The number of carbonyl (C=O) groups is 2. The summed E-state index contributed by atoms with van der Waals surface area (Å²) in [5.41, 5.74) is 0.488. The summed E-state index contributed by atoms with van der Waals surface area (Å²) in [7, 11) is 0. The molecule has 5 nitrogen and oxygen atoms in total. The van der Waals surface area contributed by atoms with Crippen LogP contribution in [0.2, 0.25) is 0 Å². The van der Waals surface area contributed by atoms with Crippen LogP contribution in [0.25, 0.3) is 10.2 Å². The Hall–Kier alpha value is -2.46. The second kappa shape index (κ2) is 7.65. The Morgan fingerprint density at radius 1 is 1.19 bits per heavy atom. The van der Waals surface area contributed by atoms with E-state index in [9.17, 15) is 22.8 Å². The molecule has 1 amide bonds. The minimum absolute atomic E-state index is 0.0990. The fraction of sp³-hybridized carbons (Fsp3) is 0.235. The van der Waals surface area contributed by atoms with Crippen molar-refractivity contribution >= 4 is 49.8 Å². The van der Waals surface area contributed by atoms with Crippen molar-refractivity contribution in [3.05, 3.63) is 45.5 Å². The molecule has 1 aromatic carbocycles. The van der Waals surface area contributed by atoms with Gasteiger partial charge >= 0.3 is 5.97 Å². The van der Waals surface area contributed by atoms with Crippen LogP contribution in [0.3, 0.4) is 0 Å². The van der Waals surface area contributed by atoms with Crippen molar-refractivity contribution < 1.29 is 27.9 Å². The van der Waals surface area contributed by atoms with E-state index >= 15 is 0 Å². The van der Waals surface area contributed by atoms with E-state index < -0.39 is 34.8 Å². The summed E-state index contributed by atoms with van der Waals surface area (Å²) in [4.78, 5) is 28.5. The van der Waals surface area contributed by atoms with Crippen molar-refractivity contribution in [1.82, 2.24) is 4.98 Å². The highest BCUT2D eigenvalue weighted by molar-refractivity contribution is 7.18. The number of carboxylic acids is 1. The zero-order valence-electron chi connectivity index (χ0n) is 14.0. The Kier molecular flexibility index (Phi) is 5.47. The molecule has 1 N–H and O–H groups in total. The number of carboxylic acid groups (broad SMARTS) is 1. The molecule has 142 valence electrons. The molecule has 0 saturated carbocycles. The third-order valence-corrected chi connectivity index (χ3v) is 5.81. The van der Waals surface area contributed by atoms with Gasteiger partial charge in [-0.15, -0.1) is 22.7 Å². The Balaban J connectivity index is 1.95. The number of aryl methyl sites for hydroxylation is 1. The van der Waals surface area contributed by atoms with E-state index in [0.29, 0.717) is 11.1 Å². The zero-order valence-corrected chi connectivity index (χ0v) is 15.6. The molecule has 0 aliphatic rings. The van der Waals surface area contributed by atoms with Gasteiger partial charge < -0.3 is 5.11 Å². The molecule has 2 aromatic heterocycles. The van der Waals surface area contributed by atoms with E-state index in [1.807, 2.05) is 12.3 Å². The number of rotatable bonds is 6. The van der Waals surface area contributed by atoms with Crippen molar-refractivity contribution in [1.29, 1.82) is 0 Å². The van der Waals surface area contributed by atoms with Crippen molar-refractivity contribution in [2.24, 2.45) is 0 Å². The fourth-order valence-corrected chi connectivity index (χ4v) is 4.30. The first kappa shape index (κ1) is 19.3. The highest BCUT2D eigenvalue weighted by atomic mass is 32.1. The summed E-state index contributed by atoms with van der Waals surface area (Å²) >= 11 is 2.10. The molecule has 27 heavy (non-hydrogen) atoms. The number of anilines is 1. The minimum Gasteiger partial charge on any atom is -0.481 e. The highest BCUT2D eigenvalue weighted by Crippen LogP contribution is 2.32. The maximum Gasteiger partial charge on any atom is 0.303 e. The maximum absolute atomic E-state index is 13.9. The molecule has 3 aromatic rings. The molecule has 0 aliphatic heterocycles. The standard InChI is InChI=1S/C17H13F3N2O3S2/c1-8-4-13(26-7-8)22(12(23)2-3-14(24)25)6-11-21-16-15(20)9(18)5-10(19)17(16)27-11/h4-5,7H,2-3,6H2,1H3,(H,24,25). The van der Waals surface area contributed by atoms with E-state index in [0.717, 1.165) is 16.9 Å². The molecule has 0 unspecified atom stereocenters. The second-order valence-electron chi connectivity index (χ2n) is 5.78. The van der Waals surface area contributed by atoms with Gasteiger partial charge in [0.2, 0.25) is 5.91 Å². The molecule has 0 spiro atoms. The van der Waals surface area contributed by atoms with Crippen LogP contribution in [0, 0.1) is 24.4 Å². The van der Waals surface area contributed by atoms with Gasteiger partial charge in [-0.25, -0.2) is 18.2 Å². The number of thiophene rings is 1. The van der Waals surface area contributed by atoms with Crippen LogP contribution in [-0.2, 0) is 16.1 Å². The van der Waals surface area contributed by atoms with E-state index in [1.165, 1.54) is 16.2 Å². The normalized spacial score (nSPS) is 11.1. The molecule has 2 heterocycles. The van der Waals surface area contributed by atoms with E-state index in [2.05, 4.69) is 4.98 Å². The summed E-state index contributed by atoms with van der Waals surface area (Å²) in [5, 5.41) is 11.4. The highest BCUT2D eigenvalue weighted by Gasteiger charge is 2.23. The van der Waals surface area contributed by atoms with Gasteiger partial charge in [-0.1, -0.05) is 0 Å². The number of nitrogens with zero attached hydrogens (tertiary/aromatic N) is 2. The van der Waals surface area contributed by atoms with E-state index in [-0.39, 0.29) is 29.1 Å². The van der Waals surface area contributed by atoms with Crippen LogP contribution >= 0.6 is 22.7 Å². The Morgan fingerprint density at radius 2 is 1.93 bits per heavy atom. The first-order chi connectivity index (χ1) is 12.8. The second-order valence-corrected chi connectivity index (χ2v) is 7.75. The van der Waals surface area contributed by atoms with Crippen LogP contribution in [0.4, 0.5) is 18.2 Å². The number of hydrogen-bond donors (Lipinski definition) is 1. The van der Waals surface area contributed by atoms with Crippen molar-refractivity contribution in [2.45, 2.75) is 26.3 Å². The lowest BCUT2D eigenvalue weighted by Crippen LogP contribution is -2.30. The topological polar surface area (TPSA) is 70.5 Å². The van der Waals surface area contributed by atoms with Gasteiger partial charge in [0.05, 0.1) is 22.7 Å². The number of hydrogen-bond acceptors (Lipinski definition) is 5. The third kappa shape index (κ3) is 4.11. The van der Waals surface area contributed by atoms with Gasteiger partial charge in [-0.2, -0.15) is 0 Å². The van der Waals surface area contributed by atoms with Crippen molar-refractivity contribution in [2.75, 3.05) is 4.90 Å². The summed E-state index contributed by atoms with van der Waals surface area (Å²) < 4.78 is 41.0. The van der Waals surface area contributed by atoms with Gasteiger partial charge in [-0.05, 0) is 23.9 Å². The molecule has 0 radical (unpaired) electrons. The Morgan fingerprint density at radius 3 is 2.56 bits per heavy atom. The lowest BCUT2D eigenvalue weighted by Gasteiger charge is -2.19. The van der Waals surface area contributed by atoms with Crippen LogP contribution in [0.5, 0.6) is 0 Å². The number of halogens is 3. The van der Waals surface area contributed by atoms with Crippen LogP contribution in [0.1, 0.15) is 23.4 Å². The average Bonchev–Trinajstić information content (AvgIpc) is 3.22. The Bertz CT molecular complexity index is 1030. The summed E-state index contributed by atoms with van der Waals surface area (Å²) in [5.74, 6) is -5.07. The molecule has 0 fully saturated rings. The van der Waals surface area contributed by atoms with Gasteiger partial charge in [0.1, 0.15) is 16.3 Å². The molecule has 3 rings (SSSR count). The maximum atomic E-state index is 13.9. The first-order valence-electron chi connectivity index (χ1n) is 7.76. The predicted octanol–water partition coefficient (Wildman–Crippen LogP) is 4.48. The van der Waals surface area contributed by atoms with E-state index in [4.69, 9.17) is 5.11 Å². The number of aromatic nitrogens is 1. The van der Waals surface area contributed by atoms with Crippen LogP contribution < -0.4 is 4.90 Å². The van der Waals surface area contributed by atoms with Crippen molar-refractivity contribution in [3.8, 4) is 0 Å². The number of thiazole rings is 1. The molecular formula is C17H13F3N2O3S2. The fourth-order valence-electron chi connectivity index (χ4n) is 2.43. The van der Waals surface area contributed by atoms with Gasteiger partial charge in [0.15, 0.2) is 11.6 Å². The number of fused-ring (bicyclic) bond motifs is 1. The third-order valence-electron chi connectivity index (χ3n) is 3.69. The van der Waals surface area contributed by atoms with E-state index in [1.54, 1.807) is 6.07 Å². The molecule has 10 heteroatoms. The quantitative estimate of drug-likeness (QED) is 0.604. The number of carbonyl (C=O) groups excluding carboxylic acids is 1. The van der Waals surface area contributed by atoms with Gasteiger partial charge in [0.25, 0.3) is 0 Å². The summed E-state index contributed by atoms with van der Waals surface area (Å²) in [6.45, 7) is 1.74. The zero-order chi connectivity index (χ0) is 19.7. The number of amides is 1. The predicted molar refractivity (Wildman–Crippen MR) is 96.6 cm³/mol. The van der Waals surface area contributed by atoms with Gasteiger partial charge in [-0.3, -0.25) is 14.5 Å². The van der Waals surface area contributed by atoms with Crippen molar-refractivity contribution in [3.63, 3.8) is 0 Å². The molecule has 0 bridgehead atoms. The summed E-state index contributed by atoms with van der Waals surface area (Å²) in [6.07, 6.45) is -0.567. The lowest BCUT2D eigenvalue weighted by molar-refractivity contribution is -0.138. The molecule has 0 atom stereocenters. The van der Waals surface area contributed by atoms with Crippen LogP contribution in [0.15, 0.2) is 17.5 Å². The average molecular weight is 414 g/mol. The molecule has 0 aliphatic carbocycles. The number of aliphatic carboxylic acids is 1. The molecule has 0 saturated heterocycles. The summed E-state index contributed by atoms with van der Waals surface area (Å²) in [6, 6.07) is 2.20. The number of benzene rings is 1. The SMILES string of the molecule is Cc1csc(N(Cc2nc3c(F)c(F)cc(F)c3s2)C(=O)CCC(=O)O)c1. The Labute approximate surface area is 159 Å². The lowest BCUT2D eigenvalue weighted by atomic mass is 10.2.